The molecular weight excluding hydrogens is 229 g/mol. The highest BCUT2D eigenvalue weighted by atomic mass is 35.5. The van der Waals surface area contributed by atoms with Crippen molar-refractivity contribution in [1.29, 1.82) is 0 Å². The van der Waals surface area contributed by atoms with E-state index in [0.717, 1.165) is 0 Å². The van der Waals surface area contributed by atoms with Gasteiger partial charge in [0.1, 0.15) is 5.82 Å². The van der Waals surface area contributed by atoms with Crippen LogP contribution in [0.2, 0.25) is 5.02 Å². The Bertz CT molecular complexity index is 370. The summed E-state index contributed by atoms with van der Waals surface area (Å²) < 4.78 is 12.8. The van der Waals surface area contributed by atoms with Gasteiger partial charge in [0, 0.05) is 18.0 Å². The van der Waals surface area contributed by atoms with Crippen LogP contribution in [-0.2, 0) is 6.42 Å². The first-order chi connectivity index (χ1) is 7.39. The molecule has 0 heterocycles. The summed E-state index contributed by atoms with van der Waals surface area (Å²) in [5.74, 6) is -0.367. The van der Waals surface area contributed by atoms with Crippen LogP contribution < -0.4 is 5.73 Å². The van der Waals surface area contributed by atoms with Crippen LogP contribution in [0.15, 0.2) is 18.2 Å². The lowest BCUT2D eigenvalue weighted by atomic mass is 9.84. The topological polar surface area (TPSA) is 46.2 Å². The van der Waals surface area contributed by atoms with Crippen molar-refractivity contribution in [3.8, 4) is 0 Å². The molecule has 0 radical (unpaired) electrons. The molecule has 0 bridgehead atoms. The van der Waals surface area contributed by atoms with E-state index in [9.17, 15) is 9.50 Å². The standard InChI is InChI=1S/C12H17ClFNO/c1-8(2)12(16,7-15)6-9-3-4-10(14)5-11(9)13/h3-5,8,16H,6-7,15H2,1-2H3. The van der Waals surface area contributed by atoms with Gasteiger partial charge in [0.25, 0.3) is 0 Å². The zero-order valence-electron chi connectivity index (χ0n) is 9.50. The fourth-order valence-corrected chi connectivity index (χ4v) is 1.74. The maximum Gasteiger partial charge on any atom is 0.124 e. The molecule has 1 unspecified atom stereocenters. The molecule has 1 aromatic rings. The first kappa shape index (κ1) is 13.4. The minimum absolute atomic E-state index is 0.0126. The predicted molar refractivity (Wildman–Crippen MR) is 64.0 cm³/mol. The number of hydrogen-bond acceptors (Lipinski definition) is 2. The Hall–Kier alpha value is -0.640. The highest BCUT2D eigenvalue weighted by molar-refractivity contribution is 6.31. The second-order valence-electron chi connectivity index (χ2n) is 4.37. The molecule has 0 aliphatic carbocycles. The Morgan fingerprint density at radius 3 is 2.56 bits per heavy atom. The van der Waals surface area contributed by atoms with Crippen molar-refractivity contribution in [2.45, 2.75) is 25.9 Å². The number of aliphatic hydroxyl groups is 1. The minimum Gasteiger partial charge on any atom is -0.388 e. The largest absolute Gasteiger partial charge is 0.388 e. The van der Waals surface area contributed by atoms with Crippen molar-refractivity contribution in [2.75, 3.05) is 6.54 Å². The van der Waals surface area contributed by atoms with E-state index < -0.39 is 5.60 Å². The summed E-state index contributed by atoms with van der Waals surface area (Å²) in [6.07, 6.45) is 0.334. The molecule has 1 rings (SSSR count). The van der Waals surface area contributed by atoms with Gasteiger partial charge in [-0.2, -0.15) is 0 Å². The van der Waals surface area contributed by atoms with Gasteiger partial charge in [-0.3, -0.25) is 0 Å². The Morgan fingerprint density at radius 2 is 2.12 bits per heavy atom. The van der Waals surface area contributed by atoms with E-state index in [0.29, 0.717) is 17.0 Å². The average Bonchev–Trinajstić information content (AvgIpc) is 2.22. The molecule has 1 aromatic carbocycles. The van der Waals surface area contributed by atoms with E-state index in [1.54, 1.807) is 6.07 Å². The first-order valence-corrected chi connectivity index (χ1v) is 5.63. The van der Waals surface area contributed by atoms with E-state index in [4.69, 9.17) is 17.3 Å². The van der Waals surface area contributed by atoms with Gasteiger partial charge in [-0.25, -0.2) is 4.39 Å². The molecule has 0 saturated carbocycles. The summed E-state index contributed by atoms with van der Waals surface area (Å²) in [7, 11) is 0. The Labute approximate surface area is 100 Å². The highest BCUT2D eigenvalue weighted by Gasteiger charge is 2.30. The van der Waals surface area contributed by atoms with Gasteiger partial charge in [0.2, 0.25) is 0 Å². The monoisotopic (exact) mass is 245 g/mol. The maximum atomic E-state index is 12.8. The van der Waals surface area contributed by atoms with Crippen LogP contribution in [0.1, 0.15) is 19.4 Å². The minimum atomic E-state index is -0.999. The fourth-order valence-electron chi connectivity index (χ4n) is 1.51. The number of hydrogen-bond donors (Lipinski definition) is 2. The van der Waals surface area contributed by atoms with Gasteiger partial charge in [0.05, 0.1) is 5.60 Å². The number of rotatable bonds is 4. The summed E-state index contributed by atoms with van der Waals surface area (Å²) in [4.78, 5) is 0. The van der Waals surface area contributed by atoms with Crippen LogP contribution in [0, 0.1) is 11.7 Å². The van der Waals surface area contributed by atoms with E-state index in [-0.39, 0.29) is 18.3 Å². The summed E-state index contributed by atoms with van der Waals surface area (Å²) in [6.45, 7) is 3.94. The first-order valence-electron chi connectivity index (χ1n) is 5.25. The van der Waals surface area contributed by atoms with Crippen LogP contribution in [0.4, 0.5) is 4.39 Å². The predicted octanol–water partition coefficient (Wildman–Crippen LogP) is 2.37. The molecule has 16 heavy (non-hydrogen) atoms. The normalized spacial score (nSPS) is 15.2. The highest BCUT2D eigenvalue weighted by Crippen LogP contribution is 2.26. The summed E-state index contributed by atoms with van der Waals surface area (Å²) in [6, 6.07) is 4.16. The van der Waals surface area contributed by atoms with Gasteiger partial charge >= 0.3 is 0 Å². The zero-order chi connectivity index (χ0) is 12.3. The van der Waals surface area contributed by atoms with Gasteiger partial charge in [-0.05, 0) is 23.6 Å². The van der Waals surface area contributed by atoms with Crippen LogP contribution in [0.25, 0.3) is 0 Å². The smallest absolute Gasteiger partial charge is 0.124 e. The maximum absolute atomic E-state index is 12.8. The van der Waals surface area contributed by atoms with Crippen LogP contribution >= 0.6 is 11.6 Å². The SMILES string of the molecule is CC(C)C(O)(CN)Cc1ccc(F)cc1Cl. The van der Waals surface area contributed by atoms with E-state index >= 15 is 0 Å². The molecule has 90 valence electrons. The molecular formula is C12H17ClFNO. The molecule has 0 spiro atoms. The molecule has 3 N–H and O–H groups in total. The number of halogens is 2. The van der Waals surface area contributed by atoms with Crippen molar-refractivity contribution in [2.24, 2.45) is 11.7 Å². The van der Waals surface area contributed by atoms with Gasteiger partial charge in [-0.1, -0.05) is 31.5 Å². The lowest BCUT2D eigenvalue weighted by Crippen LogP contribution is -2.44. The molecule has 0 saturated heterocycles. The van der Waals surface area contributed by atoms with Crippen LogP contribution in [0.5, 0.6) is 0 Å². The van der Waals surface area contributed by atoms with E-state index in [1.165, 1.54) is 12.1 Å². The quantitative estimate of drug-likeness (QED) is 0.856. The third-order valence-electron chi connectivity index (χ3n) is 2.94. The number of benzene rings is 1. The summed E-state index contributed by atoms with van der Waals surface area (Å²) >= 11 is 5.91. The molecule has 4 heteroatoms. The van der Waals surface area contributed by atoms with Gasteiger partial charge in [-0.15, -0.1) is 0 Å². The van der Waals surface area contributed by atoms with Crippen LogP contribution in [-0.4, -0.2) is 17.3 Å². The van der Waals surface area contributed by atoms with Crippen molar-refractivity contribution in [1.82, 2.24) is 0 Å². The van der Waals surface area contributed by atoms with Gasteiger partial charge in [0.15, 0.2) is 0 Å². The second-order valence-corrected chi connectivity index (χ2v) is 4.78. The van der Waals surface area contributed by atoms with E-state index in [1.807, 2.05) is 13.8 Å². The lowest BCUT2D eigenvalue weighted by Gasteiger charge is -2.31. The summed E-state index contributed by atoms with van der Waals surface area (Å²) in [5.41, 5.74) is 5.28. The third-order valence-corrected chi connectivity index (χ3v) is 3.29. The van der Waals surface area contributed by atoms with Gasteiger partial charge < -0.3 is 10.8 Å². The molecule has 0 amide bonds. The van der Waals surface area contributed by atoms with Crippen molar-refractivity contribution < 1.29 is 9.50 Å². The average molecular weight is 246 g/mol. The molecule has 2 nitrogen and oxygen atoms in total. The Morgan fingerprint density at radius 1 is 1.50 bits per heavy atom. The Balaban J connectivity index is 2.95. The van der Waals surface area contributed by atoms with E-state index in [2.05, 4.69) is 0 Å². The summed E-state index contributed by atoms with van der Waals surface area (Å²) in [5, 5.41) is 10.6. The number of nitrogens with two attached hydrogens (primary N) is 1. The molecule has 1 atom stereocenters. The lowest BCUT2D eigenvalue weighted by molar-refractivity contribution is 0.00408. The molecule has 0 aliphatic heterocycles. The van der Waals surface area contributed by atoms with Crippen molar-refractivity contribution in [3.05, 3.63) is 34.6 Å². The zero-order valence-corrected chi connectivity index (χ0v) is 10.3. The van der Waals surface area contributed by atoms with Crippen molar-refractivity contribution >= 4 is 11.6 Å². The molecule has 0 aliphatic rings. The van der Waals surface area contributed by atoms with Crippen LogP contribution in [0.3, 0.4) is 0 Å². The van der Waals surface area contributed by atoms with Crippen molar-refractivity contribution in [3.63, 3.8) is 0 Å². The molecule has 0 fully saturated rings. The third kappa shape index (κ3) is 2.94. The molecule has 0 aromatic heterocycles. The Kier molecular flexibility index (Phi) is 4.30. The second kappa shape index (κ2) is 5.13. The fraction of sp³-hybridized carbons (Fsp3) is 0.500.